The van der Waals surface area contributed by atoms with E-state index in [9.17, 15) is 24.6 Å². The summed E-state index contributed by atoms with van der Waals surface area (Å²) in [7, 11) is 0. The molecular weight excluding hydrogens is 496 g/mol. The molecule has 2 aromatic rings. The molecule has 2 aliphatic rings. The number of fused-ring (bicyclic) bond motifs is 1. The highest BCUT2D eigenvalue weighted by Crippen LogP contribution is 2.39. The van der Waals surface area contributed by atoms with Gasteiger partial charge in [0, 0.05) is 48.2 Å². The van der Waals surface area contributed by atoms with E-state index in [4.69, 9.17) is 11.6 Å². The van der Waals surface area contributed by atoms with Crippen LogP contribution in [0.5, 0.6) is 0 Å². The summed E-state index contributed by atoms with van der Waals surface area (Å²) in [4.78, 5) is 45.5. The van der Waals surface area contributed by atoms with E-state index in [0.29, 0.717) is 42.0 Å². The number of nitrogens with zero attached hydrogens (tertiary/aromatic N) is 3. The summed E-state index contributed by atoms with van der Waals surface area (Å²) in [6, 6.07) is 6.27. The fourth-order valence-corrected chi connectivity index (χ4v) is 5.38. The van der Waals surface area contributed by atoms with Crippen LogP contribution in [0.15, 0.2) is 36.7 Å². The average Bonchev–Trinajstić information content (AvgIpc) is 3.46. The normalized spacial score (nSPS) is 21.0. The van der Waals surface area contributed by atoms with Crippen LogP contribution in [0.2, 0.25) is 5.02 Å². The molecule has 10 heteroatoms. The van der Waals surface area contributed by atoms with Gasteiger partial charge in [0.15, 0.2) is 5.60 Å². The van der Waals surface area contributed by atoms with Crippen LogP contribution in [0.1, 0.15) is 62.3 Å². The first kappa shape index (κ1) is 26.9. The number of hydrogen-bond acceptors (Lipinski definition) is 5. The lowest BCUT2D eigenvalue weighted by Crippen LogP contribution is -2.52. The third kappa shape index (κ3) is 5.43. The number of carbonyl (C=O) groups is 3. The number of benzene rings is 1. The third-order valence-electron chi connectivity index (χ3n) is 7.27. The molecule has 9 nitrogen and oxygen atoms in total. The number of aryl methyl sites for hydroxylation is 1. The smallest absolute Gasteiger partial charge is 0.408 e. The first-order valence-corrected chi connectivity index (χ1v) is 12.8. The maximum Gasteiger partial charge on any atom is 0.408 e. The minimum atomic E-state index is -1.68. The quantitative estimate of drug-likeness (QED) is 0.527. The number of pyridine rings is 1. The monoisotopic (exact) mass is 528 g/mol. The minimum absolute atomic E-state index is 0.127. The molecule has 3 N–H and O–H groups in total. The van der Waals surface area contributed by atoms with Gasteiger partial charge in [-0.2, -0.15) is 0 Å². The van der Waals surface area contributed by atoms with Crippen LogP contribution in [0.3, 0.4) is 0 Å². The van der Waals surface area contributed by atoms with Crippen molar-refractivity contribution in [1.82, 2.24) is 20.1 Å². The van der Waals surface area contributed by atoms with Gasteiger partial charge in [0.1, 0.15) is 6.04 Å². The van der Waals surface area contributed by atoms with Gasteiger partial charge in [-0.1, -0.05) is 17.7 Å². The van der Waals surface area contributed by atoms with Gasteiger partial charge in [0.05, 0.1) is 0 Å². The number of halogens is 1. The Kier molecular flexibility index (Phi) is 7.48. The Morgan fingerprint density at radius 1 is 1.24 bits per heavy atom. The number of nitrogens with one attached hydrogen (secondary N) is 1. The van der Waals surface area contributed by atoms with Crippen LogP contribution < -0.4 is 5.32 Å². The van der Waals surface area contributed by atoms with Gasteiger partial charge in [-0.25, -0.2) is 4.79 Å². The predicted molar refractivity (Wildman–Crippen MR) is 138 cm³/mol. The predicted octanol–water partition coefficient (Wildman–Crippen LogP) is 3.45. The average molecular weight is 529 g/mol. The van der Waals surface area contributed by atoms with E-state index in [2.05, 4.69) is 10.3 Å². The van der Waals surface area contributed by atoms with Crippen molar-refractivity contribution in [3.05, 3.63) is 63.9 Å². The fourth-order valence-electron chi connectivity index (χ4n) is 5.18. The third-order valence-corrected chi connectivity index (χ3v) is 7.51. The standard InChI is InChI=1S/C27H33ClN4O5/c1-26(2,3)32(25(35)36)16-18-6-7-20(28)13-19(18)14-30-23(33)22-5-4-12-31(22)24(34)27(37)10-8-17-9-11-29-15-21(17)27/h6-7,9,11,13,15,22,37H,4-5,8,10,12,14,16H2,1-3H3,(H,30,33)(H,35,36)/t22-,27?/m0/s1. The molecule has 4 rings (SSSR count). The van der Waals surface area contributed by atoms with Crippen LogP contribution in [0, 0.1) is 0 Å². The van der Waals surface area contributed by atoms with Gasteiger partial charge in [-0.05, 0) is 81.3 Å². The Balaban J connectivity index is 1.48. The molecule has 3 amide bonds. The number of carboxylic acid groups (broad SMARTS) is 1. The second-order valence-electron chi connectivity index (χ2n) is 10.7. The summed E-state index contributed by atoms with van der Waals surface area (Å²) in [6.07, 6.45) is 4.11. The van der Waals surface area contributed by atoms with Gasteiger partial charge >= 0.3 is 6.09 Å². The maximum atomic E-state index is 13.5. The Morgan fingerprint density at radius 3 is 2.70 bits per heavy atom. The summed E-state index contributed by atoms with van der Waals surface area (Å²) < 4.78 is 0. The number of amides is 3. The van der Waals surface area contributed by atoms with Crippen molar-refractivity contribution in [3.63, 3.8) is 0 Å². The Morgan fingerprint density at radius 2 is 2.00 bits per heavy atom. The van der Waals surface area contributed by atoms with E-state index in [-0.39, 0.29) is 25.4 Å². The van der Waals surface area contributed by atoms with Gasteiger partial charge in [0.25, 0.3) is 5.91 Å². The Hall–Kier alpha value is -3.17. The van der Waals surface area contributed by atoms with Crippen molar-refractivity contribution in [1.29, 1.82) is 0 Å². The molecule has 1 aliphatic heterocycles. The minimum Gasteiger partial charge on any atom is -0.465 e. The lowest BCUT2D eigenvalue weighted by Gasteiger charge is -2.34. The first-order chi connectivity index (χ1) is 17.4. The topological polar surface area (TPSA) is 123 Å². The van der Waals surface area contributed by atoms with Crippen molar-refractivity contribution in [3.8, 4) is 0 Å². The molecule has 198 valence electrons. The summed E-state index contributed by atoms with van der Waals surface area (Å²) in [5.74, 6) is -0.793. The number of aromatic nitrogens is 1. The molecule has 1 unspecified atom stereocenters. The number of likely N-dealkylation sites (tertiary alicyclic amines) is 1. The van der Waals surface area contributed by atoms with Crippen LogP contribution in [0.25, 0.3) is 0 Å². The zero-order chi connectivity index (χ0) is 27.0. The molecule has 0 saturated carbocycles. The zero-order valence-corrected chi connectivity index (χ0v) is 22.1. The molecule has 1 fully saturated rings. The van der Waals surface area contributed by atoms with Crippen LogP contribution >= 0.6 is 11.6 Å². The maximum absolute atomic E-state index is 13.5. The van der Waals surface area contributed by atoms with E-state index in [1.165, 1.54) is 16.0 Å². The van der Waals surface area contributed by atoms with E-state index in [0.717, 1.165) is 11.1 Å². The molecule has 0 radical (unpaired) electrons. The van der Waals surface area contributed by atoms with Crippen molar-refractivity contribution in [2.45, 2.75) is 76.7 Å². The van der Waals surface area contributed by atoms with Gasteiger partial charge in [-0.3, -0.25) is 19.5 Å². The van der Waals surface area contributed by atoms with E-state index in [1.54, 1.807) is 24.4 Å². The van der Waals surface area contributed by atoms with Gasteiger partial charge in [-0.15, -0.1) is 0 Å². The van der Waals surface area contributed by atoms with Crippen molar-refractivity contribution in [2.24, 2.45) is 0 Å². The van der Waals surface area contributed by atoms with Crippen molar-refractivity contribution < 1.29 is 24.6 Å². The van der Waals surface area contributed by atoms with E-state index in [1.807, 2.05) is 26.8 Å². The second kappa shape index (κ2) is 10.3. The fraction of sp³-hybridized carbons (Fsp3) is 0.481. The van der Waals surface area contributed by atoms with Crippen LogP contribution in [0.4, 0.5) is 4.79 Å². The number of carbonyl (C=O) groups excluding carboxylic acids is 2. The van der Waals surface area contributed by atoms with Gasteiger partial charge in [0.2, 0.25) is 5.91 Å². The molecular formula is C27H33ClN4O5. The number of rotatable bonds is 6. The second-order valence-corrected chi connectivity index (χ2v) is 11.2. The molecule has 1 aromatic heterocycles. The van der Waals surface area contributed by atoms with Crippen LogP contribution in [-0.4, -0.2) is 61.0 Å². The highest BCUT2D eigenvalue weighted by atomic mass is 35.5. The summed E-state index contributed by atoms with van der Waals surface area (Å²) in [5, 5.41) is 24.4. The van der Waals surface area contributed by atoms with Crippen LogP contribution in [-0.2, 0) is 34.7 Å². The summed E-state index contributed by atoms with van der Waals surface area (Å²) >= 11 is 6.21. The van der Waals surface area contributed by atoms with Crippen molar-refractivity contribution in [2.75, 3.05) is 6.54 Å². The highest BCUT2D eigenvalue weighted by Gasteiger charge is 2.49. The number of aliphatic hydroxyl groups is 1. The highest BCUT2D eigenvalue weighted by molar-refractivity contribution is 6.30. The Labute approximate surface area is 221 Å². The molecule has 2 atom stereocenters. The molecule has 0 spiro atoms. The lowest BCUT2D eigenvalue weighted by atomic mass is 9.95. The number of hydrogen-bond donors (Lipinski definition) is 3. The molecule has 1 aliphatic carbocycles. The van der Waals surface area contributed by atoms with E-state index >= 15 is 0 Å². The van der Waals surface area contributed by atoms with E-state index < -0.39 is 29.2 Å². The van der Waals surface area contributed by atoms with Gasteiger partial charge < -0.3 is 20.4 Å². The summed E-state index contributed by atoms with van der Waals surface area (Å²) in [5.41, 5.74) is 0.527. The molecule has 1 aromatic carbocycles. The molecule has 37 heavy (non-hydrogen) atoms. The first-order valence-electron chi connectivity index (χ1n) is 12.4. The largest absolute Gasteiger partial charge is 0.465 e. The zero-order valence-electron chi connectivity index (χ0n) is 21.3. The Bertz CT molecular complexity index is 1210. The lowest BCUT2D eigenvalue weighted by molar-refractivity contribution is -0.155. The molecule has 0 bridgehead atoms. The molecule has 1 saturated heterocycles. The SMILES string of the molecule is CC(C)(C)N(Cc1ccc(Cl)cc1CNC(=O)[C@@H]1CCCN1C(=O)C1(O)CCc2ccncc21)C(=O)O. The molecule has 2 heterocycles. The van der Waals surface area contributed by atoms with Crippen molar-refractivity contribution >= 4 is 29.5 Å². The summed E-state index contributed by atoms with van der Waals surface area (Å²) in [6.45, 7) is 6.10.